The van der Waals surface area contributed by atoms with Crippen LogP contribution in [-0.2, 0) is 14.4 Å². The first-order valence-electron chi connectivity index (χ1n) is 8.99. The number of pyridine rings is 1. The van der Waals surface area contributed by atoms with Crippen LogP contribution in [0.25, 0.3) is 10.9 Å². The summed E-state index contributed by atoms with van der Waals surface area (Å²) >= 11 is 0. The summed E-state index contributed by atoms with van der Waals surface area (Å²) in [6, 6.07) is 16.3. The third kappa shape index (κ3) is 4.16. The Morgan fingerprint density at radius 1 is 1.14 bits per heavy atom. The maximum absolute atomic E-state index is 12.6. The predicted octanol–water partition coefficient (Wildman–Crippen LogP) is 2.23. The van der Waals surface area contributed by atoms with E-state index in [1.165, 1.54) is 0 Å². The van der Waals surface area contributed by atoms with Crippen molar-refractivity contribution in [2.75, 3.05) is 11.9 Å². The van der Waals surface area contributed by atoms with Gasteiger partial charge in [-0.1, -0.05) is 11.2 Å². The second-order valence-corrected chi connectivity index (χ2v) is 6.48. The highest BCUT2D eigenvalue weighted by Crippen LogP contribution is 2.24. The molecule has 2 amide bonds. The minimum absolute atomic E-state index is 0.185. The van der Waals surface area contributed by atoms with E-state index in [1.54, 1.807) is 30.5 Å². The first-order valence-corrected chi connectivity index (χ1v) is 8.99. The Morgan fingerprint density at radius 2 is 1.97 bits per heavy atom. The van der Waals surface area contributed by atoms with Gasteiger partial charge in [0.1, 0.15) is 5.75 Å². The number of ether oxygens (including phenoxy) is 1. The van der Waals surface area contributed by atoms with Crippen LogP contribution in [0.3, 0.4) is 0 Å². The van der Waals surface area contributed by atoms with Crippen LogP contribution in [0.5, 0.6) is 5.75 Å². The Hall–Kier alpha value is -3.94. The summed E-state index contributed by atoms with van der Waals surface area (Å²) in [5.74, 6) is -0.300. The van der Waals surface area contributed by atoms with E-state index in [4.69, 9.17) is 15.3 Å². The lowest BCUT2D eigenvalue weighted by atomic mass is 10.0. The minimum atomic E-state index is -0.720. The van der Waals surface area contributed by atoms with Crippen LogP contribution in [0.15, 0.2) is 65.9 Å². The van der Waals surface area contributed by atoms with E-state index in [0.29, 0.717) is 23.6 Å². The van der Waals surface area contributed by atoms with Crippen molar-refractivity contribution in [1.82, 2.24) is 4.98 Å². The van der Waals surface area contributed by atoms with E-state index in [9.17, 15) is 9.59 Å². The average Bonchev–Trinajstić information content (AvgIpc) is 3.23. The molecule has 3 aromatic rings. The molecular weight excluding hydrogens is 372 g/mol. The maximum atomic E-state index is 12.6. The Balaban J connectivity index is 1.40. The fourth-order valence-corrected chi connectivity index (χ4v) is 3.01. The topological polar surface area (TPSA) is 116 Å². The fraction of sp³-hybridized carbons (Fsp3) is 0.143. The molecule has 1 atom stereocenters. The van der Waals surface area contributed by atoms with Crippen molar-refractivity contribution in [2.24, 2.45) is 10.9 Å². The number of hydrogen-bond donors (Lipinski definition) is 2. The smallest absolute Gasteiger partial charge is 0.268 e. The molecule has 3 N–H and O–H groups in total. The molecule has 0 spiro atoms. The third-order valence-electron chi connectivity index (χ3n) is 4.43. The average molecular weight is 390 g/mol. The van der Waals surface area contributed by atoms with Gasteiger partial charge in [-0.3, -0.25) is 14.6 Å². The number of carbonyl (C=O) groups is 2. The first-order chi connectivity index (χ1) is 14.1. The number of hydrogen-bond acceptors (Lipinski definition) is 6. The number of fused-ring (bicyclic) bond motifs is 1. The van der Waals surface area contributed by atoms with Gasteiger partial charge < -0.3 is 20.6 Å². The van der Waals surface area contributed by atoms with E-state index in [1.807, 2.05) is 30.3 Å². The molecule has 1 aromatic heterocycles. The molecule has 0 saturated heterocycles. The SMILES string of the molecule is NC(=O)COc1ccc(C2=NO[C@H](C(=O)Nc3cccc4ncccc34)C2)cc1. The van der Waals surface area contributed by atoms with Gasteiger partial charge in [-0.25, -0.2) is 0 Å². The summed E-state index contributed by atoms with van der Waals surface area (Å²) < 4.78 is 5.23. The van der Waals surface area contributed by atoms with Crippen LogP contribution in [0.1, 0.15) is 12.0 Å². The number of benzene rings is 2. The van der Waals surface area contributed by atoms with Crippen molar-refractivity contribution in [3.05, 3.63) is 66.4 Å². The standard InChI is InChI=1S/C21H18N4O4/c22-20(26)12-28-14-8-6-13(7-9-14)18-11-19(29-25-18)21(27)24-17-5-1-4-16-15(17)3-2-10-23-16/h1-10,19H,11-12H2,(H2,22,26)(H,24,27)/t19-/m0/s1. The van der Waals surface area contributed by atoms with Crippen molar-refractivity contribution in [3.63, 3.8) is 0 Å². The van der Waals surface area contributed by atoms with Gasteiger partial charge in [0, 0.05) is 18.0 Å². The van der Waals surface area contributed by atoms with Gasteiger partial charge in [0.2, 0.25) is 6.10 Å². The van der Waals surface area contributed by atoms with Crippen LogP contribution in [-0.4, -0.2) is 35.2 Å². The zero-order chi connectivity index (χ0) is 20.2. The number of nitrogens with zero attached hydrogens (tertiary/aromatic N) is 2. The number of nitrogens with one attached hydrogen (secondary N) is 1. The normalized spacial score (nSPS) is 15.4. The number of carbonyl (C=O) groups excluding carboxylic acids is 2. The van der Waals surface area contributed by atoms with Gasteiger partial charge >= 0.3 is 0 Å². The molecule has 0 saturated carbocycles. The van der Waals surface area contributed by atoms with Crippen LogP contribution < -0.4 is 15.8 Å². The molecule has 4 rings (SSSR count). The van der Waals surface area contributed by atoms with Crippen molar-refractivity contribution < 1.29 is 19.2 Å². The summed E-state index contributed by atoms with van der Waals surface area (Å²) in [6.45, 7) is -0.185. The zero-order valence-electron chi connectivity index (χ0n) is 15.4. The van der Waals surface area contributed by atoms with E-state index >= 15 is 0 Å². The molecule has 0 unspecified atom stereocenters. The molecule has 0 aliphatic carbocycles. The van der Waals surface area contributed by atoms with E-state index in [0.717, 1.165) is 16.5 Å². The first kappa shape index (κ1) is 18.4. The monoisotopic (exact) mass is 390 g/mol. The molecule has 2 heterocycles. The zero-order valence-corrected chi connectivity index (χ0v) is 15.4. The van der Waals surface area contributed by atoms with Crippen molar-refractivity contribution in [1.29, 1.82) is 0 Å². The molecular formula is C21H18N4O4. The van der Waals surface area contributed by atoms with E-state index < -0.39 is 12.0 Å². The molecule has 2 aromatic carbocycles. The Labute approximate surface area is 166 Å². The molecule has 146 valence electrons. The summed E-state index contributed by atoms with van der Waals surface area (Å²) in [7, 11) is 0. The number of primary amides is 1. The summed E-state index contributed by atoms with van der Waals surface area (Å²) in [6.07, 6.45) is 1.33. The van der Waals surface area contributed by atoms with Gasteiger partial charge in [-0.05, 0) is 54.1 Å². The fourth-order valence-electron chi connectivity index (χ4n) is 3.01. The van der Waals surface area contributed by atoms with Crippen molar-refractivity contribution in [2.45, 2.75) is 12.5 Å². The lowest BCUT2D eigenvalue weighted by Gasteiger charge is -2.11. The highest BCUT2D eigenvalue weighted by molar-refractivity contribution is 6.08. The maximum Gasteiger partial charge on any atom is 0.268 e. The molecule has 1 aliphatic rings. The van der Waals surface area contributed by atoms with Gasteiger partial charge in [-0.2, -0.15) is 0 Å². The van der Waals surface area contributed by atoms with Crippen LogP contribution in [0, 0.1) is 0 Å². The summed E-state index contributed by atoms with van der Waals surface area (Å²) in [5, 5.41) is 7.79. The quantitative estimate of drug-likeness (QED) is 0.670. The number of anilines is 1. The lowest BCUT2D eigenvalue weighted by molar-refractivity contribution is -0.125. The number of oxime groups is 1. The number of rotatable bonds is 6. The molecule has 0 radical (unpaired) electrons. The highest BCUT2D eigenvalue weighted by Gasteiger charge is 2.29. The number of nitrogens with two attached hydrogens (primary N) is 1. The summed E-state index contributed by atoms with van der Waals surface area (Å²) in [5.41, 5.74) is 8.00. The van der Waals surface area contributed by atoms with E-state index in [2.05, 4.69) is 15.5 Å². The second kappa shape index (κ2) is 7.97. The van der Waals surface area contributed by atoms with Gasteiger partial charge in [0.25, 0.3) is 11.8 Å². The second-order valence-electron chi connectivity index (χ2n) is 6.48. The van der Waals surface area contributed by atoms with Gasteiger partial charge in [0.15, 0.2) is 6.61 Å². The number of amides is 2. The Bertz CT molecular complexity index is 1090. The van der Waals surface area contributed by atoms with Gasteiger partial charge in [-0.15, -0.1) is 0 Å². The molecule has 0 fully saturated rings. The molecule has 8 heteroatoms. The summed E-state index contributed by atoms with van der Waals surface area (Å²) in [4.78, 5) is 33.0. The minimum Gasteiger partial charge on any atom is -0.484 e. The highest BCUT2D eigenvalue weighted by atomic mass is 16.6. The predicted molar refractivity (Wildman–Crippen MR) is 108 cm³/mol. The van der Waals surface area contributed by atoms with Crippen LogP contribution in [0.2, 0.25) is 0 Å². The lowest BCUT2D eigenvalue weighted by Crippen LogP contribution is -2.28. The Kier molecular flexibility index (Phi) is 5.07. The van der Waals surface area contributed by atoms with Gasteiger partial charge in [0.05, 0.1) is 16.9 Å². The molecule has 0 bridgehead atoms. The van der Waals surface area contributed by atoms with Crippen molar-refractivity contribution in [3.8, 4) is 5.75 Å². The molecule has 29 heavy (non-hydrogen) atoms. The Morgan fingerprint density at radius 3 is 2.76 bits per heavy atom. The third-order valence-corrected chi connectivity index (χ3v) is 4.43. The van der Waals surface area contributed by atoms with Crippen molar-refractivity contribution >= 4 is 34.1 Å². The van der Waals surface area contributed by atoms with E-state index in [-0.39, 0.29) is 12.5 Å². The molecule has 1 aliphatic heterocycles. The number of aromatic nitrogens is 1. The largest absolute Gasteiger partial charge is 0.484 e. The van der Waals surface area contributed by atoms with Crippen LogP contribution in [0.4, 0.5) is 5.69 Å². The van der Waals surface area contributed by atoms with Crippen LogP contribution >= 0.6 is 0 Å². The molecule has 8 nitrogen and oxygen atoms in total.